The van der Waals surface area contributed by atoms with Gasteiger partial charge in [-0.1, -0.05) is 0 Å². The molecule has 1 aromatic rings. The maximum Gasteiger partial charge on any atom is 0.407 e. The van der Waals surface area contributed by atoms with Gasteiger partial charge in [-0.25, -0.2) is 9.59 Å². The molecule has 8 heteroatoms. The van der Waals surface area contributed by atoms with Crippen LogP contribution in [-0.2, 0) is 18.3 Å². The number of ether oxygens (including phenoxy) is 1. The number of nitrogens with zero attached hydrogens (tertiary/aromatic N) is 2. The summed E-state index contributed by atoms with van der Waals surface area (Å²) in [4.78, 5) is 22.5. The lowest BCUT2D eigenvalue weighted by Crippen LogP contribution is -2.36. The summed E-state index contributed by atoms with van der Waals surface area (Å²) in [6, 6.07) is 1.74. The van der Waals surface area contributed by atoms with E-state index in [0.29, 0.717) is 6.54 Å². The van der Waals surface area contributed by atoms with Gasteiger partial charge in [-0.15, -0.1) is 0 Å². The van der Waals surface area contributed by atoms with Crippen LogP contribution in [0.1, 0.15) is 43.4 Å². The van der Waals surface area contributed by atoms with E-state index in [1.807, 2.05) is 20.8 Å². The first-order valence-electron chi connectivity index (χ1n) is 7.15. The van der Waals surface area contributed by atoms with Crippen molar-refractivity contribution in [1.82, 2.24) is 20.4 Å². The Labute approximate surface area is 128 Å². The van der Waals surface area contributed by atoms with Crippen LogP contribution in [0.5, 0.6) is 0 Å². The number of hydrogen-bond donors (Lipinski definition) is 3. The van der Waals surface area contributed by atoms with E-state index in [2.05, 4.69) is 15.7 Å². The minimum Gasteiger partial charge on any atom is -0.476 e. The van der Waals surface area contributed by atoms with Gasteiger partial charge in [-0.3, -0.25) is 4.68 Å². The second kappa shape index (κ2) is 5.96. The number of alkyl carbamates (subject to hydrolysis) is 1. The summed E-state index contributed by atoms with van der Waals surface area (Å²) in [5, 5.41) is 18.8. The van der Waals surface area contributed by atoms with Crippen molar-refractivity contribution >= 4 is 12.1 Å². The fourth-order valence-electron chi connectivity index (χ4n) is 2.05. The van der Waals surface area contributed by atoms with Gasteiger partial charge in [-0.05, 0) is 33.3 Å². The Morgan fingerprint density at radius 1 is 1.45 bits per heavy atom. The molecule has 1 fully saturated rings. The predicted octanol–water partition coefficient (Wildman–Crippen LogP) is 0.873. The molecule has 1 amide bonds. The van der Waals surface area contributed by atoms with Crippen LogP contribution >= 0.6 is 0 Å². The van der Waals surface area contributed by atoms with Crippen LogP contribution in [0.15, 0.2) is 6.07 Å². The van der Waals surface area contributed by atoms with Crippen molar-refractivity contribution in [3.8, 4) is 0 Å². The zero-order chi connectivity index (χ0) is 16.5. The maximum atomic E-state index is 11.6. The average Bonchev–Trinajstić information content (AvgIpc) is 2.96. The van der Waals surface area contributed by atoms with Crippen LogP contribution < -0.4 is 10.6 Å². The zero-order valence-electron chi connectivity index (χ0n) is 13.2. The highest BCUT2D eigenvalue weighted by Crippen LogP contribution is 2.22. The van der Waals surface area contributed by atoms with Crippen LogP contribution in [0.4, 0.5) is 4.79 Å². The number of rotatable bonds is 5. The number of carbonyl (C=O) groups is 2. The van der Waals surface area contributed by atoms with Gasteiger partial charge in [0.25, 0.3) is 0 Å². The molecule has 0 bridgehead atoms. The van der Waals surface area contributed by atoms with Crippen molar-refractivity contribution in [2.45, 2.75) is 51.4 Å². The summed E-state index contributed by atoms with van der Waals surface area (Å²) in [6.45, 7) is 5.95. The van der Waals surface area contributed by atoms with Crippen molar-refractivity contribution in [3.63, 3.8) is 0 Å². The molecule has 122 valence electrons. The van der Waals surface area contributed by atoms with Crippen LogP contribution in [-0.4, -0.2) is 44.6 Å². The van der Waals surface area contributed by atoms with E-state index in [-0.39, 0.29) is 17.8 Å². The number of nitrogens with one attached hydrogen (secondary N) is 2. The summed E-state index contributed by atoms with van der Waals surface area (Å²) < 4.78 is 6.73. The molecule has 3 N–H and O–H groups in total. The smallest absolute Gasteiger partial charge is 0.407 e. The molecule has 2 rings (SSSR count). The van der Waals surface area contributed by atoms with E-state index >= 15 is 0 Å². The van der Waals surface area contributed by atoms with Crippen LogP contribution in [0, 0.1) is 0 Å². The van der Waals surface area contributed by atoms with E-state index in [1.165, 1.54) is 10.7 Å². The lowest BCUT2D eigenvalue weighted by molar-refractivity contribution is 0.0521. The van der Waals surface area contributed by atoms with Crippen LogP contribution in [0.3, 0.4) is 0 Å². The third-order valence-corrected chi connectivity index (χ3v) is 3.23. The van der Waals surface area contributed by atoms with Crippen molar-refractivity contribution in [2.75, 3.05) is 0 Å². The third kappa shape index (κ3) is 4.45. The van der Waals surface area contributed by atoms with Gasteiger partial charge in [0.05, 0.1) is 5.69 Å². The Kier molecular flexibility index (Phi) is 4.41. The fourth-order valence-corrected chi connectivity index (χ4v) is 2.05. The topological polar surface area (TPSA) is 105 Å². The molecule has 0 spiro atoms. The second-order valence-corrected chi connectivity index (χ2v) is 6.43. The molecule has 8 nitrogen and oxygen atoms in total. The number of carboxylic acids is 1. The molecule has 0 saturated heterocycles. The Morgan fingerprint density at radius 3 is 2.68 bits per heavy atom. The van der Waals surface area contributed by atoms with Gasteiger partial charge >= 0.3 is 12.1 Å². The predicted molar refractivity (Wildman–Crippen MR) is 78.6 cm³/mol. The Morgan fingerprint density at radius 2 is 2.14 bits per heavy atom. The molecule has 2 unspecified atom stereocenters. The second-order valence-electron chi connectivity index (χ2n) is 6.43. The van der Waals surface area contributed by atoms with Crippen molar-refractivity contribution < 1.29 is 19.4 Å². The van der Waals surface area contributed by atoms with E-state index < -0.39 is 17.7 Å². The summed E-state index contributed by atoms with van der Waals surface area (Å²) in [7, 11) is 1.70. The van der Waals surface area contributed by atoms with Gasteiger partial charge in [0.1, 0.15) is 5.60 Å². The van der Waals surface area contributed by atoms with Crippen molar-refractivity contribution in [1.29, 1.82) is 0 Å². The van der Waals surface area contributed by atoms with Crippen molar-refractivity contribution in [3.05, 3.63) is 17.5 Å². The largest absolute Gasteiger partial charge is 0.476 e. The molecular formula is C14H22N4O4. The fraction of sp³-hybridized carbons (Fsp3) is 0.643. The van der Waals surface area contributed by atoms with Gasteiger partial charge in [0, 0.05) is 25.7 Å². The first kappa shape index (κ1) is 16.3. The maximum absolute atomic E-state index is 11.6. The lowest BCUT2D eigenvalue weighted by Gasteiger charge is -2.19. The van der Waals surface area contributed by atoms with Crippen LogP contribution in [0.25, 0.3) is 0 Å². The number of aromatic carboxylic acids is 1. The summed E-state index contributed by atoms with van der Waals surface area (Å²) in [6.07, 6.45) is 0.401. The van der Waals surface area contributed by atoms with Gasteiger partial charge in [0.2, 0.25) is 0 Å². The number of aromatic nitrogens is 2. The molecule has 22 heavy (non-hydrogen) atoms. The SMILES string of the molecule is Cn1nc(C(=O)O)cc1CNC1CC1NC(=O)OC(C)(C)C. The van der Waals surface area contributed by atoms with E-state index in [1.54, 1.807) is 7.05 Å². The third-order valence-electron chi connectivity index (χ3n) is 3.23. The highest BCUT2D eigenvalue weighted by Gasteiger charge is 2.39. The van der Waals surface area contributed by atoms with Gasteiger partial charge < -0.3 is 20.5 Å². The molecular weight excluding hydrogens is 288 g/mol. The monoisotopic (exact) mass is 310 g/mol. The average molecular weight is 310 g/mol. The van der Waals surface area contributed by atoms with E-state index in [9.17, 15) is 9.59 Å². The van der Waals surface area contributed by atoms with E-state index in [0.717, 1.165) is 12.1 Å². The van der Waals surface area contributed by atoms with Gasteiger partial charge in [0.15, 0.2) is 5.69 Å². The minimum atomic E-state index is -1.04. The van der Waals surface area contributed by atoms with Crippen LogP contribution in [0.2, 0.25) is 0 Å². The standard InChI is InChI=1S/C14H22N4O4/c1-14(2,3)22-13(21)16-10-6-9(10)15-7-8-5-11(12(19)20)17-18(8)4/h5,9-10,15H,6-7H2,1-4H3,(H,16,21)(H,19,20). The highest BCUT2D eigenvalue weighted by atomic mass is 16.6. The molecule has 1 aliphatic rings. The first-order chi connectivity index (χ1) is 10.2. The van der Waals surface area contributed by atoms with Crippen molar-refractivity contribution in [2.24, 2.45) is 7.05 Å². The summed E-state index contributed by atoms with van der Waals surface area (Å²) >= 11 is 0. The number of aryl methyl sites for hydroxylation is 1. The summed E-state index contributed by atoms with van der Waals surface area (Å²) in [5.74, 6) is -1.04. The molecule has 1 saturated carbocycles. The number of amides is 1. The highest BCUT2D eigenvalue weighted by molar-refractivity contribution is 5.85. The molecule has 0 aromatic carbocycles. The molecule has 1 aromatic heterocycles. The Bertz CT molecular complexity index is 576. The number of carboxylic acid groups (broad SMARTS) is 1. The van der Waals surface area contributed by atoms with E-state index in [4.69, 9.17) is 9.84 Å². The Hall–Kier alpha value is -2.09. The zero-order valence-corrected chi connectivity index (χ0v) is 13.2. The molecule has 0 aliphatic heterocycles. The molecule has 1 aliphatic carbocycles. The molecule has 2 atom stereocenters. The lowest BCUT2D eigenvalue weighted by atomic mass is 10.2. The number of hydrogen-bond acceptors (Lipinski definition) is 5. The Balaban J connectivity index is 1.76. The minimum absolute atomic E-state index is 0.0264. The molecule has 1 heterocycles. The van der Waals surface area contributed by atoms with Gasteiger partial charge in [-0.2, -0.15) is 5.10 Å². The quantitative estimate of drug-likeness (QED) is 0.745. The first-order valence-corrected chi connectivity index (χ1v) is 7.15. The number of carbonyl (C=O) groups excluding carboxylic acids is 1. The normalized spacial score (nSPS) is 20.5. The summed E-state index contributed by atoms with van der Waals surface area (Å²) in [5.41, 5.74) is 0.294. The molecule has 0 radical (unpaired) electrons.